The van der Waals surface area contributed by atoms with Crippen LogP contribution in [0.5, 0.6) is 0 Å². The average molecular weight is 1070 g/mol. The van der Waals surface area contributed by atoms with Gasteiger partial charge in [-0.05, 0) is 77.0 Å². The minimum absolute atomic E-state index is 0.0735. The Morgan fingerprint density at radius 3 is 0.816 bits per heavy atom. The summed E-state index contributed by atoms with van der Waals surface area (Å²) in [6.45, 7) is 6.59. The van der Waals surface area contributed by atoms with E-state index < -0.39 is 6.10 Å². The van der Waals surface area contributed by atoms with Gasteiger partial charge in [0.1, 0.15) is 13.2 Å². The third-order valence-corrected chi connectivity index (χ3v) is 15.1. The maximum absolute atomic E-state index is 12.9. The summed E-state index contributed by atoms with van der Waals surface area (Å²) in [4.78, 5) is 38.4. The van der Waals surface area contributed by atoms with Crippen LogP contribution in [0.1, 0.15) is 361 Å². The van der Waals surface area contributed by atoms with E-state index in [9.17, 15) is 14.4 Å². The monoisotopic (exact) mass is 1060 g/mol. The van der Waals surface area contributed by atoms with Crippen LogP contribution in [0.4, 0.5) is 0 Å². The van der Waals surface area contributed by atoms with Crippen molar-refractivity contribution in [3.8, 4) is 0 Å². The van der Waals surface area contributed by atoms with Gasteiger partial charge in [-0.25, -0.2) is 0 Å². The van der Waals surface area contributed by atoms with Crippen molar-refractivity contribution < 1.29 is 28.6 Å². The van der Waals surface area contributed by atoms with Crippen LogP contribution >= 0.6 is 0 Å². The second kappa shape index (κ2) is 64.9. The van der Waals surface area contributed by atoms with Gasteiger partial charge in [-0.1, -0.05) is 313 Å². The van der Waals surface area contributed by atoms with Gasteiger partial charge in [0.2, 0.25) is 0 Å². The van der Waals surface area contributed by atoms with Gasteiger partial charge in [-0.15, -0.1) is 0 Å². The van der Waals surface area contributed by atoms with Gasteiger partial charge in [0.25, 0.3) is 0 Å². The van der Waals surface area contributed by atoms with Gasteiger partial charge in [0, 0.05) is 19.3 Å². The lowest BCUT2D eigenvalue weighted by molar-refractivity contribution is -0.167. The van der Waals surface area contributed by atoms with Crippen molar-refractivity contribution >= 4 is 17.9 Å². The molecule has 0 aliphatic rings. The van der Waals surface area contributed by atoms with Crippen LogP contribution in [0.15, 0.2) is 48.6 Å². The van der Waals surface area contributed by atoms with Crippen LogP contribution in [-0.4, -0.2) is 37.2 Å². The van der Waals surface area contributed by atoms with Crippen molar-refractivity contribution in [2.24, 2.45) is 0 Å². The highest BCUT2D eigenvalue weighted by molar-refractivity contribution is 5.71. The maximum atomic E-state index is 12.9. The van der Waals surface area contributed by atoms with Gasteiger partial charge in [-0.3, -0.25) is 14.4 Å². The van der Waals surface area contributed by atoms with E-state index in [4.69, 9.17) is 14.2 Å². The first-order chi connectivity index (χ1) is 37.5. The molecule has 0 N–H and O–H groups in total. The zero-order valence-corrected chi connectivity index (χ0v) is 51.0. The smallest absolute Gasteiger partial charge is 0.306 e. The quantitative estimate of drug-likeness (QED) is 0.0261. The zero-order valence-electron chi connectivity index (χ0n) is 51.0. The Morgan fingerprint density at radius 1 is 0.276 bits per heavy atom. The standard InChI is InChI=1S/C70H128O6/c1-4-7-10-13-16-19-22-25-28-31-33-35-37-39-42-45-48-51-54-57-60-63-69(72)75-66-67(65-74-68(71)62-59-56-53-50-47-44-41-38-30-27-24-21-18-15-12-9-6-3)76-70(73)64-61-58-55-52-49-46-43-40-36-34-32-29-26-23-20-17-14-11-8-5-2/h9,12,18,21,27,30-31,33,67H,4-8,10-11,13-17,19-20,22-26,28-29,32,34-66H2,1-3H3/b12-9-,21-18-,30-27-,33-31-. The molecule has 0 aromatic heterocycles. The number of esters is 3. The first kappa shape index (κ1) is 73.4. The average Bonchev–Trinajstić information content (AvgIpc) is 3.42. The van der Waals surface area contributed by atoms with Crippen molar-refractivity contribution in [1.29, 1.82) is 0 Å². The number of hydrogen-bond donors (Lipinski definition) is 0. The molecule has 0 heterocycles. The second-order valence-electron chi connectivity index (χ2n) is 22.7. The summed E-state index contributed by atoms with van der Waals surface area (Å²) in [7, 11) is 0. The number of carbonyl (C=O) groups excluding carboxylic acids is 3. The predicted octanol–water partition coefficient (Wildman–Crippen LogP) is 22.9. The van der Waals surface area contributed by atoms with E-state index in [0.717, 1.165) is 83.5 Å². The van der Waals surface area contributed by atoms with Gasteiger partial charge in [0.15, 0.2) is 6.10 Å². The molecule has 0 aliphatic heterocycles. The summed E-state index contributed by atoms with van der Waals surface area (Å²) < 4.78 is 17.0. The molecule has 0 saturated heterocycles. The molecule has 0 radical (unpaired) electrons. The molecule has 76 heavy (non-hydrogen) atoms. The minimum Gasteiger partial charge on any atom is -0.462 e. The third kappa shape index (κ3) is 62.2. The van der Waals surface area contributed by atoms with Crippen LogP contribution in [0.25, 0.3) is 0 Å². The molecule has 1 atom stereocenters. The van der Waals surface area contributed by atoms with E-state index in [0.29, 0.717) is 19.3 Å². The SMILES string of the molecule is CC/C=C\C/C=C\C/C=C\CCCCCCCCCC(=O)OCC(COC(=O)CCCCCCCCCCC/C=C\CCCCCCCCCC)OC(=O)CCCCCCCCCCCCCCCCCCCCCC. The van der Waals surface area contributed by atoms with Crippen molar-refractivity contribution in [1.82, 2.24) is 0 Å². The van der Waals surface area contributed by atoms with Crippen LogP contribution < -0.4 is 0 Å². The summed E-state index contributed by atoms with van der Waals surface area (Å²) in [5.41, 5.74) is 0. The van der Waals surface area contributed by atoms with E-state index in [1.807, 2.05) is 0 Å². The first-order valence-corrected chi connectivity index (χ1v) is 33.6. The lowest BCUT2D eigenvalue weighted by Crippen LogP contribution is -2.30. The first-order valence-electron chi connectivity index (χ1n) is 33.6. The van der Waals surface area contributed by atoms with Crippen molar-refractivity contribution in [3.05, 3.63) is 48.6 Å². The van der Waals surface area contributed by atoms with Gasteiger partial charge in [-0.2, -0.15) is 0 Å². The van der Waals surface area contributed by atoms with E-state index in [2.05, 4.69) is 69.4 Å². The molecule has 0 bridgehead atoms. The van der Waals surface area contributed by atoms with Crippen LogP contribution in [0.3, 0.4) is 0 Å². The van der Waals surface area contributed by atoms with Crippen molar-refractivity contribution in [2.45, 2.75) is 367 Å². The van der Waals surface area contributed by atoms with Crippen molar-refractivity contribution in [2.75, 3.05) is 13.2 Å². The van der Waals surface area contributed by atoms with E-state index in [1.165, 1.54) is 238 Å². The number of hydrogen-bond acceptors (Lipinski definition) is 6. The molecular weight excluding hydrogens is 937 g/mol. The molecule has 6 nitrogen and oxygen atoms in total. The highest BCUT2D eigenvalue weighted by Gasteiger charge is 2.19. The highest BCUT2D eigenvalue weighted by Crippen LogP contribution is 2.18. The summed E-state index contributed by atoms with van der Waals surface area (Å²) in [6, 6.07) is 0. The summed E-state index contributed by atoms with van der Waals surface area (Å²) >= 11 is 0. The highest BCUT2D eigenvalue weighted by atomic mass is 16.6. The fourth-order valence-electron chi connectivity index (χ4n) is 10.0. The Balaban J connectivity index is 4.33. The van der Waals surface area contributed by atoms with E-state index in [-0.39, 0.29) is 31.1 Å². The predicted molar refractivity (Wildman–Crippen MR) is 330 cm³/mol. The molecule has 0 saturated carbocycles. The molecule has 6 heteroatoms. The fourth-order valence-corrected chi connectivity index (χ4v) is 10.0. The van der Waals surface area contributed by atoms with Crippen molar-refractivity contribution in [3.63, 3.8) is 0 Å². The molecule has 444 valence electrons. The minimum atomic E-state index is -0.777. The summed E-state index contributed by atoms with van der Waals surface area (Å²) in [5.74, 6) is -0.860. The summed E-state index contributed by atoms with van der Waals surface area (Å²) in [5, 5.41) is 0. The Morgan fingerprint density at radius 2 is 0.513 bits per heavy atom. The van der Waals surface area contributed by atoms with Gasteiger partial charge >= 0.3 is 17.9 Å². The number of ether oxygens (including phenoxy) is 3. The number of rotatable bonds is 62. The normalized spacial score (nSPS) is 12.3. The Hall–Kier alpha value is -2.63. The molecule has 0 spiro atoms. The largest absolute Gasteiger partial charge is 0.462 e. The fraction of sp³-hybridized carbons (Fsp3) is 0.843. The molecule has 0 aromatic carbocycles. The number of allylic oxidation sites excluding steroid dienone is 8. The van der Waals surface area contributed by atoms with E-state index >= 15 is 0 Å². The molecule has 1 unspecified atom stereocenters. The van der Waals surface area contributed by atoms with Gasteiger partial charge < -0.3 is 14.2 Å². The Bertz CT molecular complexity index is 1310. The van der Waals surface area contributed by atoms with Crippen LogP contribution in [0.2, 0.25) is 0 Å². The van der Waals surface area contributed by atoms with Crippen LogP contribution in [-0.2, 0) is 28.6 Å². The van der Waals surface area contributed by atoms with Crippen LogP contribution in [0, 0.1) is 0 Å². The lowest BCUT2D eigenvalue weighted by atomic mass is 10.0. The number of carbonyl (C=O) groups is 3. The van der Waals surface area contributed by atoms with E-state index in [1.54, 1.807) is 0 Å². The Labute approximate surface area is 473 Å². The molecule has 0 amide bonds. The van der Waals surface area contributed by atoms with Gasteiger partial charge in [0.05, 0.1) is 0 Å². The third-order valence-electron chi connectivity index (χ3n) is 15.1. The molecule has 0 aliphatic carbocycles. The zero-order chi connectivity index (χ0) is 55.0. The Kier molecular flexibility index (Phi) is 62.6. The molecule has 0 rings (SSSR count). The topological polar surface area (TPSA) is 78.9 Å². The molecule has 0 fully saturated rings. The lowest BCUT2D eigenvalue weighted by Gasteiger charge is -2.18. The second-order valence-corrected chi connectivity index (χ2v) is 22.7. The molecule has 0 aromatic rings. The summed E-state index contributed by atoms with van der Waals surface area (Å²) in [6.07, 6.45) is 81.2. The molecular formula is C70H128O6. The maximum Gasteiger partial charge on any atom is 0.306 e. The number of unbranched alkanes of at least 4 members (excludes halogenated alkanes) is 43.